The summed E-state index contributed by atoms with van der Waals surface area (Å²) in [5.41, 5.74) is 5.42. The van der Waals surface area contributed by atoms with Crippen LogP contribution in [0, 0.1) is 19.8 Å². The Morgan fingerprint density at radius 1 is 0.955 bits per heavy atom. The SMILES string of the molecule is Cc1cccc(C)c1Nc1ccc(NC(=O)CC(C)C)cc1. The summed E-state index contributed by atoms with van der Waals surface area (Å²) >= 11 is 0. The van der Waals surface area contributed by atoms with Crippen molar-refractivity contribution in [2.24, 2.45) is 5.92 Å². The van der Waals surface area contributed by atoms with Gasteiger partial charge in [0.05, 0.1) is 0 Å². The van der Waals surface area contributed by atoms with Crippen LogP contribution in [0.25, 0.3) is 0 Å². The zero-order valence-electron chi connectivity index (χ0n) is 13.7. The van der Waals surface area contributed by atoms with Gasteiger partial charge in [0.1, 0.15) is 0 Å². The average molecular weight is 296 g/mol. The van der Waals surface area contributed by atoms with E-state index in [9.17, 15) is 4.79 Å². The van der Waals surface area contributed by atoms with Crippen molar-refractivity contribution in [1.29, 1.82) is 0 Å². The summed E-state index contributed by atoms with van der Waals surface area (Å²) in [6, 6.07) is 14.1. The number of carbonyl (C=O) groups is 1. The molecule has 0 fully saturated rings. The summed E-state index contributed by atoms with van der Waals surface area (Å²) < 4.78 is 0. The number of rotatable bonds is 5. The lowest BCUT2D eigenvalue weighted by molar-refractivity contribution is -0.116. The molecule has 2 N–H and O–H groups in total. The molecule has 0 spiro atoms. The quantitative estimate of drug-likeness (QED) is 0.812. The fraction of sp³-hybridized carbons (Fsp3) is 0.316. The molecule has 2 aromatic rings. The van der Waals surface area contributed by atoms with Gasteiger partial charge in [0.25, 0.3) is 0 Å². The van der Waals surface area contributed by atoms with Crippen LogP contribution < -0.4 is 10.6 Å². The standard InChI is InChI=1S/C19H24N2O/c1-13(2)12-18(22)20-16-8-10-17(11-9-16)21-19-14(3)6-5-7-15(19)4/h5-11,13,21H,12H2,1-4H3,(H,20,22). The summed E-state index contributed by atoms with van der Waals surface area (Å²) in [6.07, 6.45) is 0.544. The van der Waals surface area contributed by atoms with E-state index >= 15 is 0 Å². The molecule has 0 atom stereocenters. The molecule has 0 saturated heterocycles. The van der Waals surface area contributed by atoms with E-state index in [0.29, 0.717) is 12.3 Å². The van der Waals surface area contributed by atoms with E-state index in [0.717, 1.165) is 17.1 Å². The monoisotopic (exact) mass is 296 g/mol. The van der Waals surface area contributed by atoms with Gasteiger partial charge >= 0.3 is 0 Å². The van der Waals surface area contributed by atoms with Crippen LogP contribution >= 0.6 is 0 Å². The number of carbonyl (C=O) groups excluding carboxylic acids is 1. The maximum atomic E-state index is 11.8. The predicted molar refractivity (Wildman–Crippen MR) is 93.7 cm³/mol. The second-order valence-electron chi connectivity index (χ2n) is 6.12. The van der Waals surface area contributed by atoms with Gasteiger partial charge in [0.15, 0.2) is 0 Å². The smallest absolute Gasteiger partial charge is 0.224 e. The number of nitrogens with one attached hydrogen (secondary N) is 2. The number of hydrogen-bond acceptors (Lipinski definition) is 2. The van der Waals surface area contributed by atoms with Gasteiger partial charge in [-0.15, -0.1) is 0 Å². The molecule has 0 radical (unpaired) electrons. The number of anilines is 3. The van der Waals surface area contributed by atoms with Gasteiger partial charge < -0.3 is 10.6 Å². The van der Waals surface area contributed by atoms with Gasteiger partial charge in [0.2, 0.25) is 5.91 Å². The minimum atomic E-state index is 0.0606. The first-order valence-corrected chi connectivity index (χ1v) is 7.69. The first-order chi connectivity index (χ1) is 10.5. The molecule has 0 aliphatic carbocycles. The second kappa shape index (κ2) is 7.12. The Balaban J connectivity index is 2.05. The van der Waals surface area contributed by atoms with Gasteiger partial charge in [-0.1, -0.05) is 32.0 Å². The van der Waals surface area contributed by atoms with E-state index in [4.69, 9.17) is 0 Å². The van der Waals surface area contributed by atoms with E-state index in [-0.39, 0.29) is 5.91 Å². The summed E-state index contributed by atoms with van der Waals surface area (Å²) in [4.78, 5) is 11.8. The molecule has 0 aliphatic rings. The summed E-state index contributed by atoms with van der Waals surface area (Å²) in [6.45, 7) is 8.26. The highest BCUT2D eigenvalue weighted by atomic mass is 16.1. The minimum Gasteiger partial charge on any atom is -0.355 e. The second-order valence-corrected chi connectivity index (χ2v) is 6.12. The molecular weight excluding hydrogens is 272 g/mol. The van der Waals surface area contributed by atoms with Crippen LogP contribution in [0.2, 0.25) is 0 Å². The molecule has 0 aromatic heterocycles. The van der Waals surface area contributed by atoms with Crippen molar-refractivity contribution >= 4 is 23.0 Å². The zero-order valence-corrected chi connectivity index (χ0v) is 13.7. The van der Waals surface area contributed by atoms with Crippen molar-refractivity contribution in [3.8, 4) is 0 Å². The fourth-order valence-electron chi connectivity index (χ4n) is 2.38. The lowest BCUT2D eigenvalue weighted by Crippen LogP contribution is -2.13. The number of benzene rings is 2. The first-order valence-electron chi connectivity index (χ1n) is 7.69. The van der Waals surface area contributed by atoms with Gasteiger partial charge in [-0.25, -0.2) is 0 Å². The number of hydrogen-bond donors (Lipinski definition) is 2. The molecule has 3 heteroatoms. The van der Waals surface area contributed by atoms with Crippen LogP contribution in [0.1, 0.15) is 31.4 Å². The summed E-state index contributed by atoms with van der Waals surface area (Å²) in [5, 5.41) is 6.36. The molecule has 0 heterocycles. The van der Waals surface area contributed by atoms with E-state index < -0.39 is 0 Å². The molecule has 0 saturated carbocycles. The van der Waals surface area contributed by atoms with Crippen LogP contribution in [0.15, 0.2) is 42.5 Å². The van der Waals surface area contributed by atoms with Crippen molar-refractivity contribution < 1.29 is 4.79 Å². The molecule has 22 heavy (non-hydrogen) atoms. The normalized spacial score (nSPS) is 10.6. The van der Waals surface area contributed by atoms with Gasteiger partial charge in [-0.05, 0) is 55.2 Å². The molecule has 2 aromatic carbocycles. The molecule has 2 rings (SSSR count). The number of para-hydroxylation sites is 1. The molecule has 3 nitrogen and oxygen atoms in total. The third kappa shape index (κ3) is 4.35. The highest BCUT2D eigenvalue weighted by molar-refractivity contribution is 5.91. The van der Waals surface area contributed by atoms with E-state index in [1.807, 2.05) is 38.1 Å². The van der Waals surface area contributed by atoms with E-state index in [1.165, 1.54) is 11.1 Å². The Morgan fingerprint density at radius 2 is 1.50 bits per heavy atom. The van der Waals surface area contributed by atoms with Crippen LogP contribution in [0.3, 0.4) is 0 Å². The lowest BCUT2D eigenvalue weighted by Gasteiger charge is -2.13. The molecular formula is C19H24N2O. The maximum absolute atomic E-state index is 11.8. The molecule has 116 valence electrons. The topological polar surface area (TPSA) is 41.1 Å². The van der Waals surface area contributed by atoms with Gasteiger partial charge in [-0.3, -0.25) is 4.79 Å². The lowest BCUT2D eigenvalue weighted by atomic mass is 10.1. The number of aryl methyl sites for hydroxylation is 2. The molecule has 0 unspecified atom stereocenters. The van der Waals surface area contributed by atoms with Gasteiger partial charge in [-0.2, -0.15) is 0 Å². The Bertz CT molecular complexity index is 625. The third-order valence-corrected chi connectivity index (χ3v) is 3.51. The average Bonchev–Trinajstić information content (AvgIpc) is 2.44. The molecule has 0 aliphatic heterocycles. The van der Waals surface area contributed by atoms with E-state index in [2.05, 4.69) is 42.7 Å². The number of amides is 1. The van der Waals surface area contributed by atoms with Crippen molar-refractivity contribution in [3.05, 3.63) is 53.6 Å². The largest absolute Gasteiger partial charge is 0.355 e. The fourth-order valence-corrected chi connectivity index (χ4v) is 2.38. The Hall–Kier alpha value is -2.29. The first kappa shape index (κ1) is 16.1. The van der Waals surface area contributed by atoms with Crippen molar-refractivity contribution in [2.75, 3.05) is 10.6 Å². The predicted octanol–water partition coefficient (Wildman–Crippen LogP) is 5.03. The highest BCUT2D eigenvalue weighted by Gasteiger charge is 2.06. The zero-order chi connectivity index (χ0) is 16.1. The molecule has 0 bridgehead atoms. The Labute approximate surface area is 132 Å². The van der Waals surface area contributed by atoms with Crippen LogP contribution in [0.4, 0.5) is 17.1 Å². The maximum Gasteiger partial charge on any atom is 0.224 e. The van der Waals surface area contributed by atoms with Crippen LogP contribution in [-0.2, 0) is 4.79 Å². The van der Waals surface area contributed by atoms with Crippen LogP contribution in [-0.4, -0.2) is 5.91 Å². The third-order valence-electron chi connectivity index (χ3n) is 3.51. The summed E-state index contributed by atoms with van der Waals surface area (Å²) in [5.74, 6) is 0.426. The Morgan fingerprint density at radius 3 is 2.05 bits per heavy atom. The van der Waals surface area contributed by atoms with E-state index in [1.54, 1.807) is 0 Å². The van der Waals surface area contributed by atoms with Crippen molar-refractivity contribution in [1.82, 2.24) is 0 Å². The van der Waals surface area contributed by atoms with Gasteiger partial charge in [0, 0.05) is 23.5 Å². The summed E-state index contributed by atoms with van der Waals surface area (Å²) in [7, 11) is 0. The Kier molecular flexibility index (Phi) is 5.21. The van der Waals surface area contributed by atoms with Crippen molar-refractivity contribution in [2.45, 2.75) is 34.1 Å². The van der Waals surface area contributed by atoms with Crippen LogP contribution in [0.5, 0.6) is 0 Å². The van der Waals surface area contributed by atoms with Crippen molar-refractivity contribution in [3.63, 3.8) is 0 Å². The molecule has 1 amide bonds. The highest BCUT2D eigenvalue weighted by Crippen LogP contribution is 2.25. The minimum absolute atomic E-state index is 0.0606.